The summed E-state index contributed by atoms with van der Waals surface area (Å²) in [6.07, 6.45) is 2.81. The molecule has 0 saturated heterocycles. The zero-order chi connectivity index (χ0) is 16.8. The van der Waals surface area contributed by atoms with Gasteiger partial charge in [-0.3, -0.25) is 9.47 Å². The van der Waals surface area contributed by atoms with Gasteiger partial charge in [0.25, 0.3) is 0 Å². The van der Waals surface area contributed by atoms with Crippen molar-refractivity contribution >= 4 is 11.9 Å². The van der Waals surface area contributed by atoms with E-state index < -0.39 is 23.8 Å². The average molecular weight is 303 g/mol. The van der Waals surface area contributed by atoms with Gasteiger partial charge in [-0.05, 0) is 12.5 Å². The summed E-state index contributed by atoms with van der Waals surface area (Å²) in [5.74, 6) is 3.23. The van der Waals surface area contributed by atoms with Crippen LogP contribution in [0, 0.1) is 0 Å². The molecule has 116 valence electrons. The van der Waals surface area contributed by atoms with Crippen molar-refractivity contribution in [1.29, 1.82) is 0 Å². The number of carboxylic acids is 1. The van der Waals surface area contributed by atoms with E-state index in [2.05, 4.69) is 10.3 Å². The second-order valence-electron chi connectivity index (χ2n) is 4.86. The summed E-state index contributed by atoms with van der Waals surface area (Å²) in [7, 11) is 0. The Balaban J connectivity index is 2.11. The highest BCUT2D eigenvalue weighted by molar-refractivity contribution is 5.87. The van der Waals surface area contributed by atoms with E-state index in [-0.39, 0.29) is 13.3 Å². The lowest BCUT2D eigenvalue weighted by Crippen LogP contribution is -2.44. The molecule has 2 rings (SSSR count). The van der Waals surface area contributed by atoms with Crippen LogP contribution in [0.2, 0.25) is 0 Å². The van der Waals surface area contributed by atoms with E-state index in [9.17, 15) is 14.7 Å². The number of hydrogen-bond donors (Lipinski definition) is 3. The highest BCUT2D eigenvalue weighted by atomic mass is 16.4. The smallest absolute Gasteiger partial charge is 0.326 e. The number of aromatic nitrogens is 2. The molecule has 2 aromatic rings. The number of nitrogen functional groups attached to an aromatic ring is 1. The first kappa shape index (κ1) is 14.1. The van der Waals surface area contributed by atoms with E-state index in [1.54, 1.807) is 24.3 Å². The lowest BCUT2D eigenvalue weighted by Gasteiger charge is -2.18. The zero-order valence-electron chi connectivity index (χ0n) is 12.8. The van der Waals surface area contributed by atoms with Gasteiger partial charge in [0.05, 0.1) is 17.8 Å². The van der Waals surface area contributed by atoms with Crippen LogP contribution >= 0.6 is 0 Å². The van der Waals surface area contributed by atoms with Crippen molar-refractivity contribution in [2.24, 2.45) is 0 Å². The molecule has 7 nitrogen and oxygen atoms in total. The van der Waals surface area contributed by atoms with Gasteiger partial charge in [-0.15, -0.1) is 0 Å². The number of nitrogens with one attached hydrogen (secondary N) is 1. The van der Waals surface area contributed by atoms with Gasteiger partial charge >= 0.3 is 5.97 Å². The third kappa shape index (κ3) is 3.63. The molecule has 0 fully saturated rings. The molecule has 1 aromatic heterocycles. The van der Waals surface area contributed by atoms with Crippen LogP contribution in [0.3, 0.4) is 0 Å². The molecule has 1 aromatic carbocycles. The number of carbonyl (C=O) groups is 2. The van der Waals surface area contributed by atoms with Crippen molar-refractivity contribution in [2.75, 3.05) is 5.84 Å². The number of carboxylic acid groups (broad SMARTS) is 1. The Morgan fingerprint density at radius 2 is 2.18 bits per heavy atom. The lowest BCUT2D eigenvalue weighted by molar-refractivity contribution is -0.142. The summed E-state index contributed by atoms with van der Waals surface area (Å²) < 4.78 is 8.78. The summed E-state index contributed by atoms with van der Waals surface area (Å²) in [4.78, 5) is 27.6. The van der Waals surface area contributed by atoms with Crippen molar-refractivity contribution in [3.63, 3.8) is 0 Å². The van der Waals surface area contributed by atoms with Crippen LogP contribution < -0.4 is 11.2 Å². The van der Waals surface area contributed by atoms with Crippen molar-refractivity contribution in [2.45, 2.75) is 25.3 Å². The molecule has 0 aliphatic heterocycles. The van der Waals surface area contributed by atoms with Gasteiger partial charge in [-0.2, -0.15) is 0 Å². The predicted molar refractivity (Wildman–Crippen MR) is 80.5 cm³/mol. The second-order valence-corrected chi connectivity index (χ2v) is 4.86. The van der Waals surface area contributed by atoms with Crippen LogP contribution in [0.25, 0.3) is 0 Å². The number of carbonyl (C=O) groups excluding carboxylic acids is 1. The fourth-order valence-electron chi connectivity index (χ4n) is 2.01. The normalized spacial score (nSPS) is 13.9. The Morgan fingerprint density at radius 1 is 1.45 bits per heavy atom. The third-order valence-electron chi connectivity index (χ3n) is 3.29. The van der Waals surface area contributed by atoms with Crippen molar-refractivity contribution in [3.8, 4) is 0 Å². The Morgan fingerprint density at radius 3 is 2.73 bits per heavy atom. The van der Waals surface area contributed by atoms with Crippen LogP contribution in [0.4, 0.5) is 0 Å². The van der Waals surface area contributed by atoms with Crippen LogP contribution in [0.5, 0.6) is 0 Å². The number of aliphatic carboxylic acids is 1. The van der Waals surface area contributed by atoms with Crippen molar-refractivity contribution < 1.29 is 16.1 Å². The van der Waals surface area contributed by atoms with Gasteiger partial charge in [0.2, 0.25) is 5.91 Å². The maximum atomic E-state index is 12.4. The van der Waals surface area contributed by atoms with Crippen molar-refractivity contribution in [1.82, 2.24) is 15.0 Å². The molecule has 0 bridgehead atoms. The standard InChI is InChI=1S/C15H18N4O3/c1-10(11-5-3-2-4-6-11)14(20)18-13(15(21)22)7-12-8-17-9-19(12)16/h2-6,8-10,13H,7,16H2,1H3,(H,18,20)(H,21,22)/t10?,13-/m0/s1/i1D. The van der Waals surface area contributed by atoms with E-state index in [0.29, 0.717) is 11.3 Å². The topological polar surface area (TPSA) is 110 Å². The number of rotatable bonds is 6. The minimum atomic E-state index is -1.17. The third-order valence-corrected chi connectivity index (χ3v) is 3.29. The van der Waals surface area contributed by atoms with E-state index in [1.165, 1.54) is 17.2 Å². The molecular weight excluding hydrogens is 284 g/mol. The van der Waals surface area contributed by atoms with Gasteiger partial charge in [0.1, 0.15) is 12.4 Å². The minimum absolute atomic E-state index is 0.0110. The molecular formula is C15H18N4O3. The molecule has 22 heavy (non-hydrogen) atoms. The first-order chi connectivity index (χ1) is 11.0. The first-order valence-corrected chi connectivity index (χ1v) is 6.66. The largest absolute Gasteiger partial charge is 0.480 e. The fraction of sp³-hybridized carbons (Fsp3) is 0.267. The molecule has 0 aliphatic rings. The quantitative estimate of drug-likeness (QED) is 0.674. The molecule has 0 aliphatic carbocycles. The Labute approximate surface area is 129 Å². The molecule has 7 heteroatoms. The second kappa shape index (κ2) is 6.75. The fourth-order valence-corrected chi connectivity index (χ4v) is 2.01. The number of benzene rings is 1. The molecule has 0 spiro atoms. The molecule has 0 saturated carbocycles. The van der Waals surface area contributed by atoms with Gasteiger partial charge in [-0.1, -0.05) is 30.3 Å². The number of hydrogen-bond acceptors (Lipinski definition) is 4. The van der Waals surface area contributed by atoms with Gasteiger partial charge in [0, 0.05) is 7.79 Å². The van der Waals surface area contributed by atoms with Gasteiger partial charge in [0.15, 0.2) is 0 Å². The maximum absolute atomic E-state index is 12.4. The Kier molecular flexibility index (Phi) is 4.33. The summed E-state index contributed by atoms with van der Waals surface area (Å²) in [6.45, 7) is -0.170. The van der Waals surface area contributed by atoms with E-state index in [1.807, 2.05) is 6.07 Å². The highest BCUT2D eigenvalue weighted by Crippen LogP contribution is 2.15. The SMILES string of the molecule is [2H]CC(C(=O)N[C@@H](Cc1cncn1N)C(=O)O)c1ccccc1. The maximum Gasteiger partial charge on any atom is 0.326 e. The summed E-state index contributed by atoms with van der Waals surface area (Å²) >= 11 is 0. The summed E-state index contributed by atoms with van der Waals surface area (Å²) in [5.41, 5.74) is 1.16. The molecule has 1 unspecified atom stereocenters. The van der Waals surface area contributed by atoms with Crippen LogP contribution in [-0.2, 0) is 16.0 Å². The Hall–Kier alpha value is -2.83. The predicted octanol–water partition coefficient (Wildman–Crippen LogP) is 0.513. The molecule has 1 amide bonds. The highest BCUT2D eigenvalue weighted by Gasteiger charge is 2.25. The Bertz CT molecular complexity index is 674. The van der Waals surface area contributed by atoms with E-state index >= 15 is 0 Å². The van der Waals surface area contributed by atoms with E-state index in [4.69, 9.17) is 7.21 Å². The summed E-state index contributed by atoms with van der Waals surface area (Å²) in [6, 6.07) is 7.69. The molecule has 1 heterocycles. The number of nitrogens with two attached hydrogens (primary N) is 1. The number of imidazole rings is 1. The summed E-state index contributed by atoms with van der Waals surface area (Å²) in [5, 5.41) is 11.8. The average Bonchev–Trinajstić information content (AvgIpc) is 2.93. The molecule has 2 atom stereocenters. The zero-order valence-corrected chi connectivity index (χ0v) is 11.8. The lowest BCUT2D eigenvalue weighted by atomic mass is 10.00. The number of nitrogens with zero attached hydrogens (tertiary/aromatic N) is 2. The van der Waals surface area contributed by atoms with Crippen LogP contribution in [-0.4, -0.2) is 32.7 Å². The minimum Gasteiger partial charge on any atom is -0.480 e. The van der Waals surface area contributed by atoms with Crippen molar-refractivity contribution in [3.05, 3.63) is 54.1 Å². The number of amides is 1. The van der Waals surface area contributed by atoms with Gasteiger partial charge in [-0.25, -0.2) is 9.78 Å². The van der Waals surface area contributed by atoms with Crippen LogP contribution in [0.1, 0.15) is 25.4 Å². The molecule has 4 N–H and O–H groups in total. The monoisotopic (exact) mass is 303 g/mol. The molecule has 0 radical (unpaired) electrons. The van der Waals surface area contributed by atoms with Gasteiger partial charge < -0.3 is 16.3 Å². The van der Waals surface area contributed by atoms with Crippen LogP contribution in [0.15, 0.2) is 42.9 Å². The first-order valence-electron chi connectivity index (χ1n) is 7.37. The van der Waals surface area contributed by atoms with E-state index in [0.717, 1.165) is 0 Å².